The number of hydrogen-bond donors (Lipinski definition) is 3. The first-order valence-corrected chi connectivity index (χ1v) is 24.3. The Balaban J connectivity index is 0.811. The first-order chi connectivity index (χ1) is 33.1. The topological polar surface area (TPSA) is 220 Å². The molecule has 0 bridgehead atoms. The molecule has 366 valence electrons. The number of imidazole rings is 1. The Morgan fingerprint density at radius 2 is 1.54 bits per heavy atom. The van der Waals surface area contributed by atoms with E-state index in [1.807, 2.05) is 35.8 Å². The molecule has 0 saturated heterocycles. The van der Waals surface area contributed by atoms with Crippen molar-refractivity contribution in [3.05, 3.63) is 119 Å². The first-order valence-electron chi connectivity index (χ1n) is 22.1. The van der Waals surface area contributed by atoms with Gasteiger partial charge in [-0.15, -0.1) is 21.5 Å². The molecule has 7 rings (SSSR count). The molecule has 3 N–H and O–H groups in total. The van der Waals surface area contributed by atoms with E-state index >= 15 is 0 Å². The van der Waals surface area contributed by atoms with Crippen molar-refractivity contribution in [3.8, 4) is 5.00 Å². The Labute approximate surface area is 409 Å². The van der Waals surface area contributed by atoms with Crippen molar-refractivity contribution in [3.63, 3.8) is 0 Å². The number of amides is 3. The fraction of sp³-hybridized carbons (Fsp3) is 0.413. The van der Waals surface area contributed by atoms with E-state index in [-0.39, 0.29) is 75.3 Å². The number of carbonyl (C=O) groups excluding carboxylic acids is 3. The van der Waals surface area contributed by atoms with Crippen molar-refractivity contribution in [2.24, 2.45) is 19.1 Å². The third-order valence-electron chi connectivity index (χ3n) is 11.2. The smallest absolute Gasteiger partial charge is 0.332 e. The number of aromatic nitrogens is 7. The van der Waals surface area contributed by atoms with Gasteiger partial charge in [0.15, 0.2) is 22.1 Å². The van der Waals surface area contributed by atoms with Gasteiger partial charge in [0, 0.05) is 60.9 Å². The summed E-state index contributed by atoms with van der Waals surface area (Å²) in [5, 5.41) is 19.1. The number of benzene rings is 2. The minimum atomic E-state index is -0.976. The van der Waals surface area contributed by atoms with Crippen LogP contribution in [0.2, 0.25) is 5.02 Å². The molecule has 5 heterocycles. The second-order valence-corrected chi connectivity index (χ2v) is 18.8. The molecule has 2 aromatic carbocycles. The SMILES string of the molecule is CC(=O)N[C@@H](CSc1nc2c(=O)n(C)c(=O)n(C)c2n1Cc1ccc(F)cc1)C(=O)NCCOCCOCCOCCNC(=O)C[C@@H]1N=C(c2ccc(Cl)cc2)c2c(sc(C)c2C)-n2c(C)nnc21. The highest BCUT2D eigenvalue weighted by Gasteiger charge is 2.32. The zero-order chi connectivity index (χ0) is 49.4. The van der Waals surface area contributed by atoms with E-state index in [0.717, 1.165) is 48.6 Å². The maximum atomic E-state index is 13.7. The molecule has 4 aromatic heterocycles. The molecular formula is C46H53ClFN11O8S2. The van der Waals surface area contributed by atoms with Crippen LogP contribution in [0.1, 0.15) is 58.2 Å². The second kappa shape index (κ2) is 23.0. The van der Waals surface area contributed by atoms with Crippen LogP contribution in [0.4, 0.5) is 4.39 Å². The lowest BCUT2D eigenvalue weighted by Gasteiger charge is -2.18. The van der Waals surface area contributed by atoms with Crippen molar-refractivity contribution in [1.82, 2.24) is 49.4 Å². The lowest BCUT2D eigenvalue weighted by molar-refractivity contribution is -0.127. The fourth-order valence-electron chi connectivity index (χ4n) is 7.63. The van der Waals surface area contributed by atoms with Gasteiger partial charge in [-0.3, -0.25) is 37.9 Å². The average molecular weight is 1010 g/mol. The van der Waals surface area contributed by atoms with E-state index in [1.54, 1.807) is 28.0 Å². The number of nitrogens with one attached hydrogen (secondary N) is 3. The summed E-state index contributed by atoms with van der Waals surface area (Å²) >= 11 is 8.99. The third-order valence-corrected chi connectivity index (χ3v) is 13.7. The van der Waals surface area contributed by atoms with Crippen molar-refractivity contribution in [2.45, 2.75) is 57.9 Å². The molecule has 19 nitrogen and oxygen atoms in total. The van der Waals surface area contributed by atoms with Gasteiger partial charge in [0.25, 0.3) is 5.56 Å². The summed E-state index contributed by atoms with van der Waals surface area (Å²) in [5.41, 5.74) is 3.63. The van der Waals surface area contributed by atoms with E-state index in [9.17, 15) is 28.4 Å². The molecule has 0 unspecified atom stereocenters. The summed E-state index contributed by atoms with van der Waals surface area (Å²) in [6.45, 7) is 9.52. The molecule has 69 heavy (non-hydrogen) atoms. The third kappa shape index (κ3) is 12.1. The number of hydrogen-bond acceptors (Lipinski definition) is 14. The van der Waals surface area contributed by atoms with Crippen LogP contribution in [0.15, 0.2) is 68.3 Å². The molecule has 0 fully saturated rings. The predicted octanol–water partition coefficient (Wildman–Crippen LogP) is 3.70. The van der Waals surface area contributed by atoms with Crippen molar-refractivity contribution in [2.75, 3.05) is 58.5 Å². The van der Waals surface area contributed by atoms with Crippen LogP contribution in [-0.4, -0.2) is 121 Å². The number of thioether (sulfide) groups is 1. The molecule has 0 spiro atoms. The quantitative estimate of drug-likeness (QED) is 0.0655. The molecule has 3 amide bonds. The minimum absolute atomic E-state index is 0.0403. The zero-order valence-corrected chi connectivity index (χ0v) is 41.4. The largest absolute Gasteiger partial charge is 0.377 e. The summed E-state index contributed by atoms with van der Waals surface area (Å²) in [4.78, 5) is 75.3. The van der Waals surface area contributed by atoms with E-state index in [4.69, 9.17) is 30.8 Å². The molecular weight excluding hydrogens is 953 g/mol. The number of aryl methyl sites for hydroxylation is 3. The maximum Gasteiger partial charge on any atom is 0.332 e. The Hall–Kier alpha value is -6.04. The minimum Gasteiger partial charge on any atom is -0.377 e. The number of aliphatic imine (C=N–C) groups is 1. The predicted molar refractivity (Wildman–Crippen MR) is 260 cm³/mol. The number of halogens is 2. The summed E-state index contributed by atoms with van der Waals surface area (Å²) < 4.78 is 36.5. The van der Waals surface area contributed by atoms with Crippen molar-refractivity contribution < 1.29 is 33.0 Å². The van der Waals surface area contributed by atoms with Crippen molar-refractivity contribution >= 4 is 69.3 Å². The van der Waals surface area contributed by atoms with Gasteiger partial charge in [-0.1, -0.05) is 47.6 Å². The lowest BCUT2D eigenvalue weighted by Crippen LogP contribution is -2.48. The van der Waals surface area contributed by atoms with Crippen LogP contribution in [0.25, 0.3) is 16.2 Å². The monoisotopic (exact) mass is 1010 g/mol. The zero-order valence-electron chi connectivity index (χ0n) is 39.0. The van der Waals surface area contributed by atoms with E-state index in [0.29, 0.717) is 40.6 Å². The van der Waals surface area contributed by atoms with Gasteiger partial charge >= 0.3 is 5.69 Å². The Bertz CT molecular complexity index is 2980. The van der Waals surface area contributed by atoms with Crippen LogP contribution in [0.5, 0.6) is 0 Å². The molecule has 6 aromatic rings. The molecule has 2 atom stereocenters. The van der Waals surface area contributed by atoms with E-state index < -0.39 is 41.0 Å². The van der Waals surface area contributed by atoms with Crippen LogP contribution >= 0.6 is 34.7 Å². The van der Waals surface area contributed by atoms with Crippen LogP contribution in [0, 0.1) is 26.6 Å². The van der Waals surface area contributed by atoms with Gasteiger partial charge < -0.3 is 34.7 Å². The van der Waals surface area contributed by atoms with Crippen LogP contribution in [-0.2, 0) is 49.2 Å². The average Bonchev–Trinajstić information content (AvgIpc) is 3.95. The fourth-order valence-corrected chi connectivity index (χ4v) is 9.99. The Morgan fingerprint density at radius 1 is 0.884 bits per heavy atom. The van der Waals surface area contributed by atoms with E-state index in [2.05, 4.69) is 45.0 Å². The summed E-state index contributed by atoms with van der Waals surface area (Å²) in [6.07, 6.45) is 0.0602. The van der Waals surface area contributed by atoms with E-state index in [1.165, 1.54) is 37.7 Å². The van der Waals surface area contributed by atoms with Gasteiger partial charge in [-0.05, 0) is 56.2 Å². The highest BCUT2D eigenvalue weighted by Crippen LogP contribution is 2.39. The number of carbonyl (C=O) groups is 3. The maximum absolute atomic E-state index is 13.7. The molecule has 1 aliphatic rings. The number of fused-ring (bicyclic) bond motifs is 4. The standard InChI is InChI=1S/C46H53ClFN11O8S2/c1-26-27(2)69-44-37(26)38(31-9-11-32(47)12-10-31)52-34(40-55-54-28(3)59(40)44)23-36(61)49-15-17-65-19-21-67-22-20-66-18-16-50-41(62)35(51-29(4)60)25-68-45-53-39-42(56(5)46(64)57(6)43(39)63)58(45)24-30-7-13-33(48)14-8-30/h7-14,34-35H,15-25H2,1-6H3,(H,49,61)(H,50,62)(H,51,60)/t34-,35-/m0/s1. The van der Waals surface area contributed by atoms with Crippen LogP contribution in [0.3, 0.4) is 0 Å². The Morgan fingerprint density at radius 3 is 2.20 bits per heavy atom. The molecule has 1 aliphatic heterocycles. The normalized spacial score (nSPS) is 13.7. The van der Waals surface area contributed by atoms with Crippen LogP contribution < -0.4 is 27.2 Å². The van der Waals surface area contributed by atoms with Gasteiger partial charge in [0.2, 0.25) is 17.7 Å². The summed E-state index contributed by atoms with van der Waals surface area (Å²) in [5.74, 6) is -0.156. The molecule has 23 heteroatoms. The van der Waals surface area contributed by atoms with Gasteiger partial charge in [0.1, 0.15) is 28.7 Å². The number of ether oxygens (including phenoxy) is 3. The molecule has 0 aliphatic carbocycles. The highest BCUT2D eigenvalue weighted by molar-refractivity contribution is 7.99. The summed E-state index contributed by atoms with van der Waals surface area (Å²) in [7, 11) is 2.88. The lowest BCUT2D eigenvalue weighted by atomic mass is 9.99. The molecule has 0 saturated carbocycles. The number of thiophene rings is 1. The van der Waals surface area contributed by atoms with Crippen molar-refractivity contribution in [1.29, 1.82) is 0 Å². The molecule has 0 radical (unpaired) electrons. The first kappa shape index (κ1) is 50.8. The Kier molecular flexibility index (Phi) is 17.0. The second-order valence-electron chi connectivity index (χ2n) is 16.1. The highest BCUT2D eigenvalue weighted by atomic mass is 35.5. The van der Waals surface area contributed by atoms with Gasteiger partial charge in [0.05, 0.1) is 58.3 Å². The number of rotatable bonds is 22. The van der Waals surface area contributed by atoms with Gasteiger partial charge in [-0.2, -0.15) is 0 Å². The van der Waals surface area contributed by atoms with Gasteiger partial charge in [-0.25, -0.2) is 14.2 Å². The summed E-state index contributed by atoms with van der Waals surface area (Å²) in [6, 6.07) is 11.8. The number of nitrogens with zero attached hydrogens (tertiary/aromatic N) is 8.